The van der Waals surface area contributed by atoms with Gasteiger partial charge in [-0.05, 0) is 44.4 Å². The first kappa shape index (κ1) is 12.9. The number of likely N-dealkylation sites (N-methyl/N-ethyl adjacent to an activating group) is 1. The van der Waals surface area contributed by atoms with Gasteiger partial charge in [0.25, 0.3) is 0 Å². The predicted molar refractivity (Wildman–Crippen MR) is 77.5 cm³/mol. The van der Waals surface area contributed by atoms with Gasteiger partial charge in [-0.25, -0.2) is 0 Å². The monoisotopic (exact) mass is 260 g/mol. The van der Waals surface area contributed by atoms with Crippen molar-refractivity contribution in [2.24, 2.45) is 0 Å². The van der Waals surface area contributed by atoms with Crippen molar-refractivity contribution in [2.75, 3.05) is 25.0 Å². The molecule has 1 saturated carbocycles. The first-order valence-corrected chi connectivity index (χ1v) is 7.61. The number of nitrogens with zero attached hydrogens (tertiary/aromatic N) is 3. The molecule has 0 bridgehead atoms. The lowest BCUT2D eigenvalue weighted by atomic mass is 9.83. The molecule has 1 aromatic rings. The Kier molecular flexibility index (Phi) is 3.97. The average molecular weight is 260 g/mol. The maximum Gasteiger partial charge on any atom is 0.151 e. The molecule has 0 aromatic carbocycles. The van der Waals surface area contributed by atoms with Gasteiger partial charge in [0.1, 0.15) is 0 Å². The lowest BCUT2D eigenvalue weighted by Gasteiger charge is -2.29. The van der Waals surface area contributed by atoms with Gasteiger partial charge in [0.15, 0.2) is 5.82 Å². The molecule has 4 nitrogen and oxygen atoms in total. The van der Waals surface area contributed by atoms with Gasteiger partial charge in [-0.2, -0.15) is 5.10 Å². The number of rotatable bonds is 4. The Labute approximate surface area is 115 Å². The Morgan fingerprint density at radius 2 is 2.05 bits per heavy atom. The number of hydrogen-bond acceptors (Lipinski definition) is 4. The van der Waals surface area contributed by atoms with E-state index in [1.807, 2.05) is 0 Å². The van der Waals surface area contributed by atoms with Crippen LogP contribution >= 0.6 is 0 Å². The minimum absolute atomic E-state index is 0.604. The van der Waals surface area contributed by atoms with Gasteiger partial charge in [-0.3, -0.25) is 0 Å². The maximum atomic E-state index is 4.40. The van der Waals surface area contributed by atoms with E-state index in [2.05, 4.69) is 39.6 Å². The summed E-state index contributed by atoms with van der Waals surface area (Å²) in [5.74, 6) is 1.67. The Balaban J connectivity index is 1.57. The van der Waals surface area contributed by atoms with E-state index in [0.29, 0.717) is 12.0 Å². The molecule has 2 fully saturated rings. The summed E-state index contributed by atoms with van der Waals surface area (Å²) in [6.07, 6.45) is 7.86. The molecule has 1 N–H and O–H groups in total. The molecule has 2 heterocycles. The lowest BCUT2D eigenvalue weighted by Crippen LogP contribution is -2.42. The van der Waals surface area contributed by atoms with Crippen molar-refractivity contribution in [3.63, 3.8) is 0 Å². The van der Waals surface area contributed by atoms with Gasteiger partial charge in [-0.1, -0.05) is 12.8 Å². The molecule has 0 radical (unpaired) electrons. The summed E-state index contributed by atoms with van der Waals surface area (Å²) in [7, 11) is 2.11. The summed E-state index contributed by atoms with van der Waals surface area (Å²) in [4.78, 5) is 2.22. The third kappa shape index (κ3) is 3.06. The lowest BCUT2D eigenvalue weighted by molar-refractivity contribution is 0.401. The average Bonchev–Trinajstić information content (AvgIpc) is 2.39. The van der Waals surface area contributed by atoms with Gasteiger partial charge in [-0.15, -0.1) is 5.10 Å². The first-order chi connectivity index (χ1) is 9.33. The largest absolute Gasteiger partial charge is 0.357 e. The molecule has 19 heavy (non-hydrogen) atoms. The second kappa shape index (κ2) is 5.87. The molecule has 1 aliphatic carbocycles. The highest BCUT2D eigenvalue weighted by molar-refractivity contribution is 5.37. The van der Waals surface area contributed by atoms with Gasteiger partial charge in [0.2, 0.25) is 0 Å². The minimum atomic E-state index is 0.604. The summed E-state index contributed by atoms with van der Waals surface area (Å²) < 4.78 is 0. The summed E-state index contributed by atoms with van der Waals surface area (Å²) in [6, 6.07) is 4.90. The van der Waals surface area contributed by atoms with Crippen LogP contribution < -0.4 is 10.2 Å². The van der Waals surface area contributed by atoms with E-state index < -0.39 is 0 Å². The minimum Gasteiger partial charge on any atom is -0.357 e. The van der Waals surface area contributed by atoms with Crippen molar-refractivity contribution in [2.45, 2.75) is 50.5 Å². The van der Waals surface area contributed by atoms with E-state index in [1.165, 1.54) is 44.2 Å². The predicted octanol–water partition coefficient (Wildman–Crippen LogP) is 2.32. The fraction of sp³-hybridized carbons (Fsp3) is 0.733. The highest BCUT2D eigenvalue weighted by Gasteiger charge is 2.21. The quantitative estimate of drug-likeness (QED) is 0.902. The zero-order chi connectivity index (χ0) is 13.1. The van der Waals surface area contributed by atoms with Crippen molar-refractivity contribution in [3.05, 3.63) is 17.8 Å². The molecular formula is C15H24N4. The second-order valence-corrected chi connectivity index (χ2v) is 5.97. The van der Waals surface area contributed by atoms with Crippen LogP contribution in [-0.2, 0) is 0 Å². The smallest absolute Gasteiger partial charge is 0.151 e. The summed E-state index contributed by atoms with van der Waals surface area (Å²) >= 11 is 0. The van der Waals surface area contributed by atoms with E-state index in [1.54, 1.807) is 0 Å². The molecular weight excluding hydrogens is 236 g/mol. The number of piperidine rings is 1. The van der Waals surface area contributed by atoms with Gasteiger partial charge in [0, 0.05) is 25.6 Å². The van der Waals surface area contributed by atoms with Crippen LogP contribution in [0, 0.1) is 0 Å². The van der Waals surface area contributed by atoms with Crippen molar-refractivity contribution in [1.29, 1.82) is 0 Å². The molecule has 1 unspecified atom stereocenters. The van der Waals surface area contributed by atoms with Crippen molar-refractivity contribution in [3.8, 4) is 0 Å². The zero-order valence-corrected chi connectivity index (χ0v) is 11.8. The fourth-order valence-corrected chi connectivity index (χ4v) is 2.96. The van der Waals surface area contributed by atoms with Crippen LogP contribution in [-0.4, -0.2) is 36.4 Å². The number of hydrogen-bond donors (Lipinski definition) is 1. The van der Waals surface area contributed by atoms with Crippen LogP contribution in [0.5, 0.6) is 0 Å². The van der Waals surface area contributed by atoms with Crippen LogP contribution in [0.3, 0.4) is 0 Å². The highest BCUT2D eigenvalue weighted by Crippen LogP contribution is 2.35. The first-order valence-electron chi connectivity index (χ1n) is 7.61. The Morgan fingerprint density at radius 3 is 2.63 bits per heavy atom. The van der Waals surface area contributed by atoms with Crippen LogP contribution in [0.2, 0.25) is 0 Å². The van der Waals surface area contributed by atoms with Gasteiger partial charge in [0.05, 0.1) is 5.69 Å². The van der Waals surface area contributed by atoms with Crippen LogP contribution in [0.25, 0.3) is 0 Å². The Bertz CT molecular complexity index is 393. The van der Waals surface area contributed by atoms with E-state index in [0.717, 1.165) is 18.9 Å². The van der Waals surface area contributed by atoms with E-state index in [4.69, 9.17) is 0 Å². The number of anilines is 1. The molecule has 1 aromatic heterocycles. The summed E-state index contributed by atoms with van der Waals surface area (Å²) in [5.41, 5.74) is 1.18. The maximum absolute atomic E-state index is 4.40. The molecule has 3 rings (SSSR count). The molecule has 0 amide bonds. The van der Waals surface area contributed by atoms with Gasteiger partial charge >= 0.3 is 0 Å². The molecule has 4 heteroatoms. The third-order valence-electron chi connectivity index (χ3n) is 4.49. The van der Waals surface area contributed by atoms with Crippen LogP contribution in [0.15, 0.2) is 12.1 Å². The summed E-state index contributed by atoms with van der Waals surface area (Å²) in [6.45, 7) is 2.18. The fourth-order valence-electron chi connectivity index (χ4n) is 2.96. The van der Waals surface area contributed by atoms with E-state index in [9.17, 15) is 0 Å². The Morgan fingerprint density at radius 1 is 1.16 bits per heavy atom. The molecule has 104 valence electrons. The number of nitrogens with one attached hydrogen (secondary N) is 1. The molecule has 1 saturated heterocycles. The topological polar surface area (TPSA) is 41.0 Å². The SMILES string of the molecule is CN(CC1CCCCN1)c1ccc(C2CCC2)nn1. The molecule has 2 aliphatic rings. The van der Waals surface area contributed by atoms with Crippen LogP contribution in [0.1, 0.15) is 50.1 Å². The van der Waals surface area contributed by atoms with E-state index >= 15 is 0 Å². The standard InChI is InChI=1S/C15H24N4/c1-19(11-13-7-2-3-10-16-13)15-9-8-14(17-18-15)12-5-4-6-12/h8-9,12-13,16H,2-7,10-11H2,1H3. The third-order valence-corrected chi connectivity index (χ3v) is 4.49. The van der Waals surface area contributed by atoms with Crippen molar-refractivity contribution >= 4 is 5.82 Å². The van der Waals surface area contributed by atoms with Crippen molar-refractivity contribution in [1.82, 2.24) is 15.5 Å². The summed E-state index contributed by atoms with van der Waals surface area (Å²) in [5, 5.41) is 12.4. The zero-order valence-electron chi connectivity index (χ0n) is 11.8. The van der Waals surface area contributed by atoms with E-state index in [-0.39, 0.29) is 0 Å². The second-order valence-electron chi connectivity index (χ2n) is 5.97. The van der Waals surface area contributed by atoms with Gasteiger partial charge < -0.3 is 10.2 Å². The number of aromatic nitrogens is 2. The molecule has 1 atom stereocenters. The highest BCUT2D eigenvalue weighted by atomic mass is 15.3. The van der Waals surface area contributed by atoms with Crippen molar-refractivity contribution < 1.29 is 0 Å². The molecule has 1 aliphatic heterocycles. The van der Waals surface area contributed by atoms with Crippen LogP contribution in [0.4, 0.5) is 5.82 Å². The molecule has 0 spiro atoms. The normalized spacial score (nSPS) is 23.9. The Hall–Kier alpha value is -1.16.